The largest absolute Gasteiger partial charge is 0.479 e. The van der Waals surface area contributed by atoms with Crippen LogP contribution in [-0.2, 0) is 21.0 Å². The lowest BCUT2D eigenvalue weighted by Gasteiger charge is -2.05. The number of amides is 1. The van der Waals surface area contributed by atoms with Crippen molar-refractivity contribution in [3.8, 4) is 0 Å². The number of nitrogens with zero attached hydrogens (tertiary/aromatic N) is 1. The van der Waals surface area contributed by atoms with E-state index in [0.717, 1.165) is 0 Å². The second-order valence-corrected chi connectivity index (χ2v) is 3.19. The first kappa shape index (κ1) is 12.9. The van der Waals surface area contributed by atoms with Crippen molar-refractivity contribution in [1.82, 2.24) is 10.0 Å². The molecule has 7 heteroatoms. The Kier molecular flexibility index (Phi) is 4.89. The molecule has 0 unspecified atom stereocenters. The molecule has 0 aromatic carbocycles. The highest BCUT2D eigenvalue weighted by atomic mass is 16.7. The number of rotatable bonds is 6. The van der Waals surface area contributed by atoms with Gasteiger partial charge in [-0.15, -0.1) is 0 Å². The number of carboxylic acids is 1. The van der Waals surface area contributed by atoms with Gasteiger partial charge in [0.05, 0.1) is 0 Å². The van der Waals surface area contributed by atoms with Crippen LogP contribution in [0.2, 0.25) is 0 Å². The summed E-state index contributed by atoms with van der Waals surface area (Å²) in [5.74, 6) is -1.66. The van der Waals surface area contributed by atoms with Crippen LogP contribution in [0.25, 0.3) is 0 Å². The lowest BCUT2D eigenvalue weighted by Crippen LogP contribution is -2.28. The molecule has 1 aromatic heterocycles. The fourth-order valence-corrected chi connectivity index (χ4v) is 1.10. The number of nitrogens with one attached hydrogen (secondary N) is 1. The van der Waals surface area contributed by atoms with E-state index in [1.807, 2.05) is 5.48 Å². The summed E-state index contributed by atoms with van der Waals surface area (Å²) < 4.78 is 1.37. The predicted octanol–water partition coefficient (Wildman–Crippen LogP) is -0.629. The number of carbonyl (C=O) groups excluding carboxylic acids is 1. The fraction of sp³-hybridized carbons (Fsp3) is 0.300. The standard InChI is InChI=1S/C10H12N2O5/c13-8(11-17-7-10(15)16)4-6-12-5-2-1-3-9(12)14/h1-3,5H,4,6-7H2,(H,11,13)(H,15,16). The van der Waals surface area contributed by atoms with Gasteiger partial charge in [0, 0.05) is 25.2 Å². The van der Waals surface area contributed by atoms with E-state index in [1.165, 1.54) is 10.6 Å². The van der Waals surface area contributed by atoms with E-state index in [2.05, 4.69) is 4.84 Å². The van der Waals surface area contributed by atoms with Crippen molar-refractivity contribution in [2.45, 2.75) is 13.0 Å². The molecule has 1 aromatic rings. The third-order valence-corrected chi connectivity index (χ3v) is 1.86. The van der Waals surface area contributed by atoms with E-state index < -0.39 is 18.5 Å². The Bertz CT molecular complexity index is 454. The lowest BCUT2D eigenvalue weighted by atomic mass is 10.4. The maximum Gasteiger partial charge on any atom is 0.332 e. The highest BCUT2D eigenvalue weighted by Gasteiger charge is 2.04. The maximum absolute atomic E-state index is 11.3. The van der Waals surface area contributed by atoms with Gasteiger partial charge in [0.15, 0.2) is 6.61 Å². The van der Waals surface area contributed by atoms with Crippen LogP contribution < -0.4 is 11.0 Å². The Hall–Kier alpha value is -2.15. The zero-order valence-electron chi connectivity index (χ0n) is 8.96. The molecular formula is C10H12N2O5. The first-order valence-electron chi connectivity index (χ1n) is 4.87. The van der Waals surface area contributed by atoms with Crippen LogP contribution in [0, 0.1) is 0 Å². The van der Waals surface area contributed by atoms with Gasteiger partial charge in [0.1, 0.15) is 0 Å². The van der Waals surface area contributed by atoms with Crippen molar-refractivity contribution >= 4 is 11.9 Å². The van der Waals surface area contributed by atoms with Crippen molar-refractivity contribution < 1.29 is 19.5 Å². The van der Waals surface area contributed by atoms with Crippen LogP contribution in [0.3, 0.4) is 0 Å². The molecule has 0 aliphatic rings. The van der Waals surface area contributed by atoms with E-state index >= 15 is 0 Å². The summed E-state index contributed by atoms with van der Waals surface area (Å²) in [7, 11) is 0. The van der Waals surface area contributed by atoms with Crippen molar-refractivity contribution in [1.29, 1.82) is 0 Å². The maximum atomic E-state index is 11.3. The van der Waals surface area contributed by atoms with Crippen molar-refractivity contribution in [3.63, 3.8) is 0 Å². The number of hydrogen-bond donors (Lipinski definition) is 2. The zero-order valence-corrected chi connectivity index (χ0v) is 8.96. The molecule has 0 spiro atoms. The molecular weight excluding hydrogens is 228 g/mol. The summed E-state index contributed by atoms with van der Waals surface area (Å²) in [6.07, 6.45) is 1.59. The smallest absolute Gasteiger partial charge is 0.332 e. The zero-order chi connectivity index (χ0) is 12.7. The molecule has 17 heavy (non-hydrogen) atoms. The first-order chi connectivity index (χ1) is 8.09. The van der Waals surface area contributed by atoms with Crippen molar-refractivity contribution in [3.05, 3.63) is 34.7 Å². The molecule has 7 nitrogen and oxygen atoms in total. The molecule has 0 saturated heterocycles. The van der Waals surface area contributed by atoms with Crippen molar-refractivity contribution in [2.75, 3.05) is 6.61 Å². The number of aromatic nitrogens is 1. The van der Waals surface area contributed by atoms with Gasteiger partial charge >= 0.3 is 5.97 Å². The molecule has 2 N–H and O–H groups in total. The van der Waals surface area contributed by atoms with E-state index in [1.54, 1.807) is 18.3 Å². The molecule has 0 bridgehead atoms. The van der Waals surface area contributed by atoms with Crippen LogP contribution >= 0.6 is 0 Å². The third-order valence-electron chi connectivity index (χ3n) is 1.86. The van der Waals surface area contributed by atoms with E-state index in [0.29, 0.717) is 0 Å². The molecule has 0 fully saturated rings. The highest BCUT2D eigenvalue weighted by molar-refractivity contribution is 5.75. The second-order valence-electron chi connectivity index (χ2n) is 3.19. The molecule has 1 heterocycles. The Morgan fingerprint density at radius 2 is 2.18 bits per heavy atom. The fourth-order valence-electron chi connectivity index (χ4n) is 1.10. The topological polar surface area (TPSA) is 97.6 Å². The highest BCUT2D eigenvalue weighted by Crippen LogP contribution is 1.88. The van der Waals surface area contributed by atoms with Gasteiger partial charge < -0.3 is 9.67 Å². The SMILES string of the molecule is O=C(O)CONC(=O)CCn1ccccc1=O. The monoisotopic (exact) mass is 240 g/mol. The second kappa shape index (κ2) is 6.44. The summed E-state index contributed by atoms with van der Waals surface area (Å²) in [5.41, 5.74) is 1.77. The minimum Gasteiger partial charge on any atom is -0.479 e. The number of carboxylic acid groups (broad SMARTS) is 1. The number of hydrogen-bond acceptors (Lipinski definition) is 4. The number of aryl methyl sites for hydroxylation is 1. The molecule has 1 rings (SSSR count). The molecule has 0 aliphatic carbocycles. The molecule has 0 atom stereocenters. The van der Waals surface area contributed by atoms with E-state index in [9.17, 15) is 14.4 Å². The average molecular weight is 240 g/mol. The minimum absolute atomic E-state index is 0.0313. The number of carbonyl (C=O) groups is 2. The lowest BCUT2D eigenvalue weighted by molar-refractivity contribution is -0.149. The Morgan fingerprint density at radius 3 is 2.82 bits per heavy atom. The summed E-state index contributed by atoms with van der Waals surface area (Å²) in [5, 5.41) is 8.25. The number of aliphatic carboxylic acids is 1. The van der Waals surface area contributed by atoms with Crippen LogP contribution in [0.4, 0.5) is 0 Å². The van der Waals surface area contributed by atoms with E-state index in [4.69, 9.17) is 5.11 Å². The van der Waals surface area contributed by atoms with Gasteiger partial charge in [-0.3, -0.25) is 14.4 Å². The molecule has 0 radical (unpaired) electrons. The summed E-state index contributed by atoms with van der Waals surface area (Å²) >= 11 is 0. The average Bonchev–Trinajstić information content (AvgIpc) is 2.27. The molecule has 0 aliphatic heterocycles. The van der Waals surface area contributed by atoms with Gasteiger partial charge in [-0.2, -0.15) is 0 Å². The predicted molar refractivity (Wildman–Crippen MR) is 57.0 cm³/mol. The van der Waals surface area contributed by atoms with Gasteiger partial charge in [-0.25, -0.2) is 10.3 Å². The summed E-state index contributed by atoms with van der Waals surface area (Å²) in [6, 6.07) is 4.67. The number of hydroxylamine groups is 1. The van der Waals surface area contributed by atoms with Gasteiger partial charge in [-0.1, -0.05) is 6.07 Å². The van der Waals surface area contributed by atoms with Gasteiger partial charge in [0.2, 0.25) is 5.91 Å². The normalized spacial score (nSPS) is 9.88. The van der Waals surface area contributed by atoms with Gasteiger partial charge in [-0.05, 0) is 6.07 Å². The Labute approximate surface area is 96.6 Å². The van der Waals surface area contributed by atoms with Gasteiger partial charge in [0.25, 0.3) is 5.56 Å². The molecule has 1 amide bonds. The quantitative estimate of drug-likeness (QED) is 0.645. The first-order valence-corrected chi connectivity index (χ1v) is 4.87. The molecule has 92 valence electrons. The Balaban J connectivity index is 2.31. The third kappa shape index (κ3) is 4.94. The van der Waals surface area contributed by atoms with Crippen LogP contribution in [0.15, 0.2) is 29.2 Å². The molecule has 0 saturated carbocycles. The van der Waals surface area contributed by atoms with Crippen LogP contribution in [0.5, 0.6) is 0 Å². The summed E-state index contributed by atoms with van der Waals surface area (Å²) in [4.78, 5) is 36.9. The van der Waals surface area contributed by atoms with Crippen LogP contribution in [-0.4, -0.2) is 28.2 Å². The number of pyridine rings is 1. The van der Waals surface area contributed by atoms with E-state index in [-0.39, 0.29) is 18.5 Å². The van der Waals surface area contributed by atoms with Crippen molar-refractivity contribution in [2.24, 2.45) is 0 Å². The Morgan fingerprint density at radius 1 is 1.41 bits per heavy atom. The van der Waals surface area contributed by atoms with Crippen LogP contribution in [0.1, 0.15) is 6.42 Å². The summed E-state index contributed by atoms with van der Waals surface area (Å²) in [6.45, 7) is -0.390. The minimum atomic E-state index is -1.18.